The minimum absolute atomic E-state index is 0.0796. The van der Waals surface area contributed by atoms with E-state index < -0.39 is 15.1 Å². The predicted octanol–water partition coefficient (Wildman–Crippen LogP) is 0.0649. The summed E-state index contributed by atoms with van der Waals surface area (Å²) in [5, 5.41) is 2.89. The van der Waals surface area contributed by atoms with Crippen LogP contribution < -0.4 is 5.73 Å². The molecule has 1 aromatic heterocycles. The minimum atomic E-state index is -3.20. The molecule has 1 heterocycles. The predicted molar refractivity (Wildman–Crippen MR) is 54.9 cm³/mol. The molecule has 1 rings (SSSR count). The number of hydrogen-bond acceptors (Lipinski definition) is 6. The highest BCUT2D eigenvalue weighted by atomic mass is 32.2. The average molecular weight is 233 g/mol. The van der Waals surface area contributed by atoms with Gasteiger partial charge in [0.1, 0.15) is 5.25 Å². The van der Waals surface area contributed by atoms with Crippen molar-refractivity contribution in [2.75, 3.05) is 6.26 Å². The van der Waals surface area contributed by atoms with Crippen LogP contribution in [0.15, 0.2) is 4.52 Å². The van der Waals surface area contributed by atoms with Crippen molar-refractivity contribution in [3.63, 3.8) is 0 Å². The molecule has 2 atom stereocenters. The first-order valence-corrected chi connectivity index (χ1v) is 6.53. The van der Waals surface area contributed by atoms with E-state index in [0.29, 0.717) is 12.2 Å². The molecule has 0 bridgehead atoms. The summed E-state index contributed by atoms with van der Waals surface area (Å²) in [6, 6.07) is -0.0796. The second kappa shape index (κ2) is 4.28. The molecule has 0 fully saturated rings. The lowest BCUT2D eigenvalue weighted by Crippen LogP contribution is -2.18. The standard InChI is InChI=1S/C8H15N3O3S/c1-5(9)4-7-10-8(14-11-7)6(2)15(3,12)13/h5-6H,4,9H2,1-3H3. The summed E-state index contributed by atoms with van der Waals surface area (Å²) in [7, 11) is -3.20. The molecule has 0 aliphatic rings. The molecule has 1 aromatic rings. The summed E-state index contributed by atoms with van der Waals surface area (Å²) >= 11 is 0. The fourth-order valence-corrected chi connectivity index (χ4v) is 1.45. The highest BCUT2D eigenvalue weighted by molar-refractivity contribution is 7.90. The van der Waals surface area contributed by atoms with Crippen molar-refractivity contribution in [1.82, 2.24) is 10.1 Å². The van der Waals surface area contributed by atoms with E-state index in [-0.39, 0.29) is 11.9 Å². The van der Waals surface area contributed by atoms with Crippen molar-refractivity contribution < 1.29 is 12.9 Å². The zero-order valence-corrected chi connectivity index (χ0v) is 9.78. The summed E-state index contributed by atoms with van der Waals surface area (Å²) < 4.78 is 27.3. The number of rotatable bonds is 4. The zero-order chi connectivity index (χ0) is 11.6. The maximum Gasteiger partial charge on any atom is 0.244 e. The van der Waals surface area contributed by atoms with Crippen LogP contribution in [-0.4, -0.2) is 30.9 Å². The van der Waals surface area contributed by atoms with E-state index in [0.717, 1.165) is 6.26 Å². The quantitative estimate of drug-likeness (QED) is 0.789. The summed E-state index contributed by atoms with van der Waals surface area (Å²) in [4.78, 5) is 3.98. The Bertz CT molecular complexity index is 424. The van der Waals surface area contributed by atoms with Gasteiger partial charge in [0.25, 0.3) is 0 Å². The van der Waals surface area contributed by atoms with Crippen LogP contribution in [0.4, 0.5) is 0 Å². The van der Waals surface area contributed by atoms with Crippen LogP contribution in [0.25, 0.3) is 0 Å². The van der Waals surface area contributed by atoms with Crippen molar-refractivity contribution in [3.05, 3.63) is 11.7 Å². The average Bonchev–Trinajstić information content (AvgIpc) is 2.48. The lowest BCUT2D eigenvalue weighted by atomic mass is 10.2. The molecule has 0 aromatic carbocycles. The molecule has 0 radical (unpaired) electrons. The third-order valence-electron chi connectivity index (χ3n) is 1.98. The zero-order valence-electron chi connectivity index (χ0n) is 8.97. The lowest BCUT2D eigenvalue weighted by molar-refractivity contribution is 0.370. The van der Waals surface area contributed by atoms with Gasteiger partial charge in [-0.15, -0.1) is 0 Å². The van der Waals surface area contributed by atoms with Gasteiger partial charge in [-0.2, -0.15) is 4.98 Å². The first kappa shape index (κ1) is 12.1. The molecule has 15 heavy (non-hydrogen) atoms. The number of sulfone groups is 1. The van der Waals surface area contributed by atoms with E-state index in [1.54, 1.807) is 0 Å². The number of nitrogens with two attached hydrogens (primary N) is 1. The van der Waals surface area contributed by atoms with Crippen molar-refractivity contribution in [2.45, 2.75) is 31.6 Å². The van der Waals surface area contributed by atoms with Crippen molar-refractivity contribution in [3.8, 4) is 0 Å². The molecular formula is C8H15N3O3S. The first-order chi connectivity index (χ1) is 6.80. The Morgan fingerprint density at radius 3 is 2.53 bits per heavy atom. The van der Waals surface area contributed by atoms with Crippen LogP contribution in [0.1, 0.15) is 30.8 Å². The second-order valence-corrected chi connectivity index (χ2v) is 6.07. The number of aromatic nitrogens is 2. The monoisotopic (exact) mass is 233 g/mol. The molecule has 6 nitrogen and oxygen atoms in total. The Labute approximate surface area is 88.8 Å². The van der Waals surface area contributed by atoms with E-state index in [1.165, 1.54) is 6.92 Å². The van der Waals surface area contributed by atoms with E-state index in [1.807, 2.05) is 6.92 Å². The molecule has 0 spiro atoms. The maximum atomic E-state index is 11.2. The Morgan fingerprint density at radius 2 is 2.07 bits per heavy atom. The lowest BCUT2D eigenvalue weighted by Gasteiger charge is -2.01. The normalized spacial score (nSPS) is 16.3. The topological polar surface area (TPSA) is 99.1 Å². The first-order valence-electron chi connectivity index (χ1n) is 4.57. The van der Waals surface area contributed by atoms with Crippen LogP contribution >= 0.6 is 0 Å². The third kappa shape index (κ3) is 3.28. The highest BCUT2D eigenvalue weighted by Gasteiger charge is 2.23. The smallest absolute Gasteiger partial charge is 0.244 e. The number of hydrogen-bond donors (Lipinski definition) is 1. The number of nitrogens with zero attached hydrogens (tertiary/aromatic N) is 2. The van der Waals surface area contributed by atoms with E-state index in [9.17, 15) is 8.42 Å². The molecular weight excluding hydrogens is 218 g/mol. The van der Waals surface area contributed by atoms with Crippen LogP contribution in [-0.2, 0) is 16.3 Å². The largest absolute Gasteiger partial charge is 0.338 e. The Morgan fingerprint density at radius 1 is 1.47 bits per heavy atom. The van der Waals surface area contributed by atoms with Gasteiger partial charge in [0.05, 0.1) is 0 Å². The minimum Gasteiger partial charge on any atom is -0.338 e. The van der Waals surface area contributed by atoms with Gasteiger partial charge in [0.15, 0.2) is 15.7 Å². The summed E-state index contributed by atoms with van der Waals surface area (Å²) in [6.07, 6.45) is 1.60. The highest BCUT2D eigenvalue weighted by Crippen LogP contribution is 2.18. The molecule has 2 N–H and O–H groups in total. The van der Waals surface area contributed by atoms with Crippen LogP contribution in [0.5, 0.6) is 0 Å². The fourth-order valence-electron chi connectivity index (χ4n) is 0.987. The molecule has 86 valence electrons. The van der Waals surface area contributed by atoms with Crippen molar-refractivity contribution in [1.29, 1.82) is 0 Å². The summed E-state index contributed by atoms with van der Waals surface area (Å²) in [5.74, 6) is 0.559. The Balaban J connectivity index is 2.85. The molecule has 0 saturated heterocycles. The van der Waals surface area contributed by atoms with Crippen LogP contribution in [0, 0.1) is 0 Å². The van der Waals surface area contributed by atoms with Gasteiger partial charge in [0.2, 0.25) is 5.89 Å². The summed E-state index contributed by atoms with van der Waals surface area (Å²) in [6.45, 7) is 3.33. The second-order valence-electron chi connectivity index (χ2n) is 3.70. The fraction of sp³-hybridized carbons (Fsp3) is 0.750. The van der Waals surface area contributed by atoms with Crippen molar-refractivity contribution >= 4 is 9.84 Å². The van der Waals surface area contributed by atoms with Gasteiger partial charge in [-0.3, -0.25) is 0 Å². The van der Waals surface area contributed by atoms with Crippen LogP contribution in [0.3, 0.4) is 0 Å². The molecule has 0 saturated carbocycles. The van der Waals surface area contributed by atoms with Gasteiger partial charge in [0, 0.05) is 18.7 Å². The third-order valence-corrected chi connectivity index (χ3v) is 3.46. The SMILES string of the molecule is CC(N)Cc1noc(C(C)S(C)(=O)=O)n1. The van der Waals surface area contributed by atoms with E-state index >= 15 is 0 Å². The van der Waals surface area contributed by atoms with Gasteiger partial charge in [-0.05, 0) is 13.8 Å². The summed E-state index contributed by atoms with van der Waals surface area (Å²) in [5.41, 5.74) is 5.56. The maximum absolute atomic E-state index is 11.2. The van der Waals surface area contributed by atoms with E-state index in [4.69, 9.17) is 10.3 Å². The Kier molecular flexibility index (Phi) is 3.46. The molecule has 7 heteroatoms. The molecule has 0 aliphatic carbocycles. The van der Waals surface area contributed by atoms with Gasteiger partial charge < -0.3 is 10.3 Å². The van der Waals surface area contributed by atoms with Gasteiger partial charge in [-0.25, -0.2) is 8.42 Å². The molecule has 2 unspecified atom stereocenters. The van der Waals surface area contributed by atoms with Gasteiger partial charge in [-0.1, -0.05) is 5.16 Å². The Hall–Kier alpha value is -0.950. The van der Waals surface area contributed by atoms with Crippen molar-refractivity contribution in [2.24, 2.45) is 5.73 Å². The van der Waals surface area contributed by atoms with E-state index in [2.05, 4.69) is 10.1 Å². The molecule has 0 aliphatic heterocycles. The van der Waals surface area contributed by atoms with Gasteiger partial charge >= 0.3 is 0 Å². The molecule has 0 amide bonds. The van der Waals surface area contributed by atoms with Crippen LogP contribution in [0.2, 0.25) is 0 Å².